The number of anilines is 1. The summed E-state index contributed by atoms with van der Waals surface area (Å²) in [6.45, 7) is 8.81. The standard InChI is InChI=1S/C15H21N7O/c1-15(2,3)14(23)21-8-6-20(7-9-21)12-4-5-13(19-18-12)22-11-16-10-17-22/h4-5,10-11H,6-9H2,1-3H3. The highest BCUT2D eigenvalue weighted by Crippen LogP contribution is 2.20. The minimum atomic E-state index is -0.332. The summed E-state index contributed by atoms with van der Waals surface area (Å²) in [5, 5.41) is 12.5. The number of carbonyl (C=O) groups is 1. The molecule has 23 heavy (non-hydrogen) atoms. The summed E-state index contributed by atoms with van der Waals surface area (Å²) in [6.07, 6.45) is 3.04. The Balaban J connectivity index is 1.63. The fourth-order valence-corrected chi connectivity index (χ4v) is 2.55. The lowest BCUT2D eigenvalue weighted by Gasteiger charge is -2.37. The summed E-state index contributed by atoms with van der Waals surface area (Å²) in [4.78, 5) is 20.3. The Morgan fingerprint density at radius 3 is 2.22 bits per heavy atom. The zero-order valence-electron chi connectivity index (χ0n) is 13.7. The van der Waals surface area contributed by atoms with E-state index in [4.69, 9.17) is 0 Å². The average molecular weight is 315 g/mol. The fraction of sp³-hybridized carbons (Fsp3) is 0.533. The minimum absolute atomic E-state index is 0.199. The number of hydrogen-bond acceptors (Lipinski definition) is 6. The molecule has 0 spiro atoms. The van der Waals surface area contributed by atoms with Gasteiger partial charge in [0.05, 0.1) is 0 Å². The molecule has 1 aliphatic heterocycles. The molecule has 0 aliphatic carbocycles. The van der Waals surface area contributed by atoms with Crippen LogP contribution in [0, 0.1) is 5.41 Å². The number of aromatic nitrogens is 5. The van der Waals surface area contributed by atoms with Crippen molar-refractivity contribution in [1.82, 2.24) is 29.9 Å². The van der Waals surface area contributed by atoms with Crippen LogP contribution in [0.25, 0.3) is 5.82 Å². The highest BCUT2D eigenvalue weighted by molar-refractivity contribution is 5.81. The molecule has 0 N–H and O–H groups in total. The smallest absolute Gasteiger partial charge is 0.228 e. The SMILES string of the molecule is CC(C)(C)C(=O)N1CCN(c2ccc(-n3cncn3)nn2)CC1. The molecule has 1 fully saturated rings. The van der Waals surface area contributed by atoms with Gasteiger partial charge in [-0.25, -0.2) is 9.67 Å². The number of piperazine rings is 1. The van der Waals surface area contributed by atoms with Gasteiger partial charge in [-0.2, -0.15) is 5.10 Å². The first-order valence-corrected chi connectivity index (χ1v) is 7.68. The molecule has 0 bridgehead atoms. The second-order valence-electron chi connectivity index (χ2n) is 6.62. The van der Waals surface area contributed by atoms with Gasteiger partial charge in [-0.05, 0) is 12.1 Å². The fourth-order valence-electron chi connectivity index (χ4n) is 2.55. The molecule has 0 radical (unpaired) electrons. The highest BCUT2D eigenvalue weighted by Gasteiger charge is 2.29. The third-order valence-corrected chi connectivity index (χ3v) is 3.82. The molecule has 2 aromatic heterocycles. The first-order valence-electron chi connectivity index (χ1n) is 7.68. The summed E-state index contributed by atoms with van der Waals surface area (Å²) in [6, 6.07) is 3.79. The average Bonchev–Trinajstić information content (AvgIpc) is 3.08. The Hall–Kier alpha value is -2.51. The summed E-state index contributed by atoms with van der Waals surface area (Å²) in [5.41, 5.74) is -0.332. The van der Waals surface area contributed by atoms with Crippen molar-refractivity contribution in [2.75, 3.05) is 31.1 Å². The van der Waals surface area contributed by atoms with Crippen LogP contribution in [-0.2, 0) is 4.79 Å². The lowest BCUT2D eigenvalue weighted by atomic mass is 9.94. The van der Waals surface area contributed by atoms with Gasteiger partial charge >= 0.3 is 0 Å². The van der Waals surface area contributed by atoms with E-state index in [1.165, 1.54) is 6.33 Å². The molecule has 3 rings (SSSR count). The predicted molar refractivity (Wildman–Crippen MR) is 85.2 cm³/mol. The van der Waals surface area contributed by atoms with E-state index in [1.54, 1.807) is 11.0 Å². The molecule has 122 valence electrons. The molecule has 1 saturated heterocycles. The zero-order valence-corrected chi connectivity index (χ0v) is 13.7. The summed E-state index contributed by atoms with van der Waals surface area (Å²) >= 11 is 0. The number of amides is 1. The Bertz CT molecular complexity index is 652. The highest BCUT2D eigenvalue weighted by atomic mass is 16.2. The van der Waals surface area contributed by atoms with E-state index in [1.807, 2.05) is 37.8 Å². The van der Waals surface area contributed by atoms with Crippen LogP contribution in [0.4, 0.5) is 5.82 Å². The summed E-state index contributed by atoms with van der Waals surface area (Å²) in [7, 11) is 0. The van der Waals surface area contributed by atoms with Gasteiger partial charge in [-0.1, -0.05) is 20.8 Å². The zero-order chi connectivity index (χ0) is 16.4. The second-order valence-corrected chi connectivity index (χ2v) is 6.62. The molecule has 0 aromatic carbocycles. The van der Waals surface area contributed by atoms with Crippen LogP contribution in [0.5, 0.6) is 0 Å². The number of hydrogen-bond donors (Lipinski definition) is 0. The topological polar surface area (TPSA) is 80.0 Å². The maximum absolute atomic E-state index is 12.3. The molecule has 8 heteroatoms. The molecule has 0 atom stereocenters. The molecule has 8 nitrogen and oxygen atoms in total. The normalized spacial score (nSPS) is 15.8. The van der Waals surface area contributed by atoms with Crippen molar-refractivity contribution < 1.29 is 4.79 Å². The third kappa shape index (κ3) is 3.30. The summed E-state index contributed by atoms with van der Waals surface area (Å²) < 4.78 is 1.57. The van der Waals surface area contributed by atoms with Crippen molar-refractivity contribution >= 4 is 11.7 Å². The molecule has 1 aliphatic rings. The number of rotatable bonds is 2. The summed E-state index contributed by atoms with van der Waals surface area (Å²) in [5.74, 6) is 1.65. The first kappa shape index (κ1) is 15.4. The van der Waals surface area contributed by atoms with Crippen molar-refractivity contribution in [2.45, 2.75) is 20.8 Å². The number of carbonyl (C=O) groups excluding carboxylic acids is 1. The number of nitrogens with zero attached hydrogens (tertiary/aromatic N) is 7. The molecule has 3 heterocycles. The van der Waals surface area contributed by atoms with Crippen LogP contribution in [0.2, 0.25) is 0 Å². The van der Waals surface area contributed by atoms with Gasteiger partial charge in [-0.15, -0.1) is 10.2 Å². The van der Waals surface area contributed by atoms with Gasteiger partial charge in [0.25, 0.3) is 0 Å². The Morgan fingerprint density at radius 2 is 1.70 bits per heavy atom. The van der Waals surface area contributed by atoms with E-state index < -0.39 is 0 Å². The lowest BCUT2D eigenvalue weighted by Crippen LogP contribution is -2.51. The van der Waals surface area contributed by atoms with Crippen LogP contribution >= 0.6 is 0 Å². The Labute approximate surface area is 135 Å². The Kier molecular flexibility index (Phi) is 3.97. The van der Waals surface area contributed by atoms with Gasteiger partial charge in [0.1, 0.15) is 12.7 Å². The predicted octanol–water partition coefficient (Wildman–Crippen LogP) is 0.752. The third-order valence-electron chi connectivity index (χ3n) is 3.82. The van der Waals surface area contributed by atoms with E-state index in [9.17, 15) is 4.79 Å². The van der Waals surface area contributed by atoms with E-state index in [2.05, 4.69) is 25.2 Å². The van der Waals surface area contributed by atoms with Crippen molar-refractivity contribution in [3.63, 3.8) is 0 Å². The van der Waals surface area contributed by atoms with E-state index in [-0.39, 0.29) is 11.3 Å². The minimum Gasteiger partial charge on any atom is -0.352 e. The molecule has 2 aromatic rings. The van der Waals surface area contributed by atoms with E-state index in [0.717, 1.165) is 18.9 Å². The Morgan fingerprint density at radius 1 is 1.04 bits per heavy atom. The second kappa shape index (κ2) is 5.94. The van der Waals surface area contributed by atoms with Crippen LogP contribution in [0.1, 0.15) is 20.8 Å². The first-order chi connectivity index (χ1) is 10.9. The molecule has 0 unspecified atom stereocenters. The van der Waals surface area contributed by atoms with Crippen LogP contribution < -0.4 is 4.90 Å². The van der Waals surface area contributed by atoms with Gasteiger partial charge in [0, 0.05) is 31.6 Å². The van der Waals surface area contributed by atoms with Crippen LogP contribution in [0.15, 0.2) is 24.8 Å². The van der Waals surface area contributed by atoms with Gasteiger partial charge < -0.3 is 9.80 Å². The van der Waals surface area contributed by atoms with Crippen molar-refractivity contribution in [3.05, 3.63) is 24.8 Å². The van der Waals surface area contributed by atoms with E-state index in [0.29, 0.717) is 18.9 Å². The molecular formula is C15H21N7O. The van der Waals surface area contributed by atoms with Gasteiger partial charge in [0.2, 0.25) is 5.91 Å². The van der Waals surface area contributed by atoms with Crippen molar-refractivity contribution in [3.8, 4) is 5.82 Å². The molecule has 0 saturated carbocycles. The van der Waals surface area contributed by atoms with Gasteiger partial charge in [0.15, 0.2) is 11.6 Å². The quantitative estimate of drug-likeness (QED) is 0.813. The largest absolute Gasteiger partial charge is 0.352 e. The monoisotopic (exact) mass is 315 g/mol. The lowest BCUT2D eigenvalue weighted by molar-refractivity contribution is -0.139. The maximum atomic E-state index is 12.3. The molecular weight excluding hydrogens is 294 g/mol. The van der Waals surface area contributed by atoms with E-state index >= 15 is 0 Å². The molecule has 1 amide bonds. The van der Waals surface area contributed by atoms with Gasteiger partial charge in [-0.3, -0.25) is 4.79 Å². The maximum Gasteiger partial charge on any atom is 0.228 e. The van der Waals surface area contributed by atoms with Crippen molar-refractivity contribution in [2.24, 2.45) is 5.41 Å². The van der Waals surface area contributed by atoms with Crippen molar-refractivity contribution in [1.29, 1.82) is 0 Å². The van der Waals surface area contributed by atoms with Crippen LogP contribution in [-0.4, -0.2) is 61.9 Å². The van der Waals surface area contributed by atoms with Crippen LogP contribution in [0.3, 0.4) is 0 Å².